The molecular weight excluding hydrogens is 278 g/mol. The van der Waals surface area contributed by atoms with Gasteiger partial charge >= 0.3 is 0 Å². The quantitative estimate of drug-likeness (QED) is 0.640. The standard InChI is InChI=1S/C22H31N/c1-7-22(6,8-2)18-11-15-20(16-12-18)23-19-13-9-17(10-14-19)21(3,4)5/h9-16,23H,7-8H2,1-6H3. The number of nitrogens with one attached hydrogen (secondary N) is 1. The Bertz CT molecular complexity index is 611. The zero-order valence-electron chi connectivity index (χ0n) is 15.5. The summed E-state index contributed by atoms with van der Waals surface area (Å²) in [5.74, 6) is 0. The molecule has 2 rings (SSSR count). The summed E-state index contributed by atoms with van der Waals surface area (Å²) in [7, 11) is 0. The second-order valence-electron chi connectivity index (χ2n) is 7.80. The molecule has 1 N–H and O–H groups in total. The van der Waals surface area contributed by atoms with Gasteiger partial charge in [-0.25, -0.2) is 0 Å². The summed E-state index contributed by atoms with van der Waals surface area (Å²) in [6.07, 6.45) is 2.34. The van der Waals surface area contributed by atoms with Crippen molar-refractivity contribution in [2.45, 2.75) is 65.2 Å². The zero-order chi connectivity index (χ0) is 17.1. The molecule has 0 radical (unpaired) electrons. The van der Waals surface area contributed by atoms with Crippen LogP contribution in [0.25, 0.3) is 0 Å². The van der Waals surface area contributed by atoms with Gasteiger partial charge in [0.15, 0.2) is 0 Å². The fourth-order valence-electron chi connectivity index (χ4n) is 2.83. The first kappa shape index (κ1) is 17.6. The van der Waals surface area contributed by atoms with Crippen molar-refractivity contribution in [2.24, 2.45) is 0 Å². The van der Waals surface area contributed by atoms with Crippen LogP contribution in [0.15, 0.2) is 48.5 Å². The molecule has 1 heteroatoms. The minimum absolute atomic E-state index is 0.199. The van der Waals surface area contributed by atoms with Crippen LogP contribution >= 0.6 is 0 Å². The van der Waals surface area contributed by atoms with Gasteiger partial charge in [-0.05, 0) is 59.1 Å². The Labute approximate surface area is 142 Å². The largest absolute Gasteiger partial charge is 0.356 e. The summed E-state index contributed by atoms with van der Waals surface area (Å²) in [5, 5.41) is 3.50. The van der Waals surface area contributed by atoms with E-state index in [1.54, 1.807) is 0 Å². The minimum atomic E-state index is 0.199. The summed E-state index contributed by atoms with van der Waals surface area (Å²) < 4.78 is 0. The highest BCUT2D eigenvalue weighted by Gasteiger charge is 2.21. The topological polar surface area (TPSA) is 12.0 Å². The first-order valence-corrected chi connectivity index (χ1v) is 8.76. The van der Waals surface area contributed by atoms with Crippen LogP contribution in [0.5, 0.6) is 0 Å². The molecule has 0 bridgehead atoms. The third kappa shape index (κ3) is 4.16. The molecule has 2 aromatic rings. The highest BCUT2D eigenvalue weighted by molar-refractivity contribution is 5.60. The lowest BCUT2D eigenvalue weighted by atomic mass is 9.78. The van der Waals surface area contributed by atoms with Crippen molar-refractivity contribution in [1.82, 2.24) is 0 Å². The predicted octanol–water partition coefficient (Wildman–Crippen LogP) is 6.81. The van der Waals surface area contributed by atoms with E-state index < -0.39 is 0 Å². The maximum absolute atomic E-state index is 3.50. The Morgan fingerprint density at radius 1 is 0.652 bits per heavy atom. The Hall–Kier alpha value is -1.76. The molecule has 124 valence electrons. The van der Waals surface area contributed by atoms with E-state index in [-0.39, 0.29) is 10.8 Å². The van der Waals surface area contributed by atoms with Gasteiger partial charge in [-0.15, -0.1) is 0 Å². The normalized spacial score (nSPS) is 12.3. The van der Waals surface area contributed by atoms with Crippen molar-refractivity contribution in [3.8, 4) is 0 Å². The molecule has 2 aromatic carbocycles. The maximum atomic E-state index is 3.50. The van der Waals surface area contributed by atoms with Crippen molar-refractivity contribution in [3.05, 3.63) is 59.7 Å². The number of anilines is 2. The van der Waals surface area contributed by atoms with Gasteiger partial charge < -0.3 is 5.32 Å². The summed E-state index contributed by atoms with van der Waals surface area (Å²) in [6.45, 7) is 13.6. The van der Waals surface area contributed by atoms with Crippen LogP contribution in [0.2, 0.25) is 0 Å². The first-order chi connectivity index (χ1) is 10.8. The van der Waals surface area contributed by atoms with E-state index in [9.17, 15) is 0 Å². The maximum Gasteiger partial charge on any atom is 0.0384 e. The fraction of sp³-hybridized carbons (Fsp3) is 0.455. The van der Waals surface area contributed by atoms with Gasteiger partial charge in [-0.3, -0.25) is 0 Å². The SMILES string of the molecule is CCC(C)(CC)c1ccc(Nc2ccc(C(C)(C)C)cc2)cc1. The average Bonchev–Trinajstić information content (AvgIpc) is 2.54. The monoisotopic (exact) mass is 309 g/mol. The molecule has 0 fully saturated rings. The summed E-state index contributed by atoms with van der Waals surface area (Å²) in [6, 6.07) is 17.7. The number of hydrogen-bond acceptors (Lipinski definition) is 1. The van der Waals surface area contributed by atoms with E-state index in [1.165, 1.54) is 24.0 Å². The van der Waals surface area contributed by atoms with Crippen molar-refractivity contribution in [1.29, 1.82) is 0 Å². The molecule has 0 unspecified atom stereocenters. The summed E-state index contributed by atoms with van der Waals surface area (Å²) in [4.78, 5) is 0. The van der Waals surface area contributed by atoms with Gasteiger partial charge in [0.1, 0.15) is 0 Å². The molecular formula is C22H31N. The zero-order valence-corrected chi connectivity index (χ0v) is 15.5. The Morgan fingerprint density at radius 3 is 1.39 bits per heavy atom. The van der Waals surface area contributed by atoms with Gasteiger partial charge in [-0.2, -0.15) is 0 Å². The molecule has 23 heavy (non-hydrogen) atoms. The highest BCUT2D eigenvalue weighted by atomic mass is 14.9. The van der Waals surface area contributed by atoms with Gasteiger partial charge in [0, 0.05) is 11.4 Å². The minimum Gasteiger partial charge on any atom is -0.356 e. The Kier molecular flexibility index (Phi) is 5.19. The van der Waals surface area contributed by atoms with Crippen molar-refractivity contribution >= 4 is 11.4 Å². The molecule has 0 amide bonds. The van der Waals surface area contributed by atoms with Gasteiger partial charge in [0.05, 0.1) is 0 Å². The molecule has 0 saturated carbocycles. The second-order valence-corrected chi connectivity index (χ2v) is 7.80. The molecule has 0 aliphatic heterocycles. The molecule has 0 aromatic heterocycles. The Morgan fingerprint density at radius 2 is 1.04 bits per heavy atom. The lowest BCUT2D eigenvalue weighted by Gasteiger charge is -2.27. The van der Waals surface area contributed by atoms with Crippen LogP contribution in [0.4, 0.5) is 11.4 Å². The van der Waals surface area contributed by atoms with E-state index >= 15 is 0 Å². The number of benzene rings is 2. The highest BCUT2D eigenvalue weighted by Crippen LogP contribution is 2.32. The second kappa shape index (κ2) is 6.78. The lowest BCUT2D eigenvalue weighted by molar-refractivity contribution is 0.439. The number of rotatable bonds is 5. The van der Waals surface area contributed by atoms with E-state index in [0.717, 1.165) is 11.4 Å². The lowest BCUT2D eigenvalue weighted by Crippen LogP contribution is -2.19. The smallest absolute Gasteiger partial charge is 0.0384 e. The van der Waals surface area contributed by atoms with Crippen LogP contribution in [0.1, 0.15) is 65.5 Å². The molecule has 0 spiro atoms. The summed E-state index contributed by atoms with van der Waals surface area (Å²) >= 11 is 0. The third-order valence-electron chi connectivity index (χ3n) is 5.18. The van der Waals surface area contributed by atoms with Crippen molar-refractivity contribution in [2.75, 3.05) is 5.32 Å². The summed E-state index contributed by atoms with van der Waals surface area (Å²) in [5.41, 5.74) is 5.56. The van der Waals surface area contributed by atoms with Crippen LogP contribution in [0, 0.1) is 0 Å². The van der Waals surface area contributed by atoms with E-state index in [4.69, 9.17) is 0 Å². The molecule has 0 heterocycles. The van der Waals surface area contributed by atoms with E-state index in [2.05, 4.69) is 95.4 Å². The van der Waals surface area contributed by atoms with Crippen LogP contribution in [-0.4, -0.2) is 0 Å². The molecule has 0 atom stereocenters. The molecule has 0 saturated heterocycles. The molecule has 0 aliphatic rings. The van der Waals surface area contributed by atoms with E-state index in [0.29, 0.717) is 0 Å². The van der Waals surface area contributed by atoms with E-state index in [1.807, 2.05) is 0 Å². The predicted molar refractivity (Wildman–Crippen MR) is 103 cm³/mol. The first-order valence-electron chi connectivity index (χ1n) is 8.76. The third-order valence-corrected chi connectivity index (χ3v) is 5.18. The average molecular weight is 309 g/mol. The van der Waals surface area contributed by atoms with Gasteiger partial charge in [0.2, 0.25) is 0 Å². The van der Waals surface area contributed by atoms with Gasteiger partial charge in [0.25, 0.3) is 0 Å². The van der Waals surface area contributed by atoms with Crippen LogP contribution in [0.3, 0.4) is 0 Å². The molecule has 0 aliphatic carbocycles. The molecule has 1 nitrogen and oxygen atoms in total. The Balaban J connectivity index is 2.12. The van der Waals surface area contributed by atoms with Crippen molar-refractivity contribution < 1.29 is 0 Å². The van der Waals surface area contributed by atoms with Crippen molar-refractivity contribution in [3.63, 3.8) is 0 Å². The fourth-order valence-corrected chi connectivity index (χ4v) is 2.83. The van der Waals surface area contributed by atoms with Gasteiger partial charge in [-0.1, -0.05) is 65.8 Å². The van der Waals surface area contributed by atoms with Crippen LogP contribution < -0.4 is 5.32 Å². The number of hydrogen-bond donors (Lipinski definition) is 1. The van der Waals surface area contributed by atoms with Crippen LogP contribution in [-0.2, 0) is 10.8 Å².